The van der Waals surface area contributed by atoms with Crippen molar-refractivity contribution in [2.75, 3.05) is 18.5 Å². The zero-order valence-electron chi connectivity index (χ0n) is 14.2. The molecule has 0 radical (unpaired) electrons. The molecule has 4 rings (SSSR count). The molecule has 6 nitrogen and oxygen atoms in total. The molecule has 0 spiro atoms. The number of amides is 1. The van der Waals surface area contributed by atoms with Gasteiger partial charge in [-0.1, -0.05) is 6.07 Å². The smallest absolute Gasteiger partial charge is 0.272 e. The summed E-state index contributed by atoms with van der Waals surface area (Å²) in [6.07, 6.45) is 6.26. The maximum absolute atomic E-state index is 12.7. The molecule has 0 bridgehead atoms. The van der Waals surface area contributed by atoms with Gasteiger partial charge in [0.2, 0.25) is 0 Å². The maximum Gasteiger partial charge on any atom is 0.272 e. The molecule has 1 N–H and O–H groups in total. The Kier molecular flexibility index (Phi) is 4.55. The van der Waals surface area contributed by atoms with Gasteiger partial charge in [0.15, 0.2) is 11.5 Å². The number of hydrogen-bond donors (Lipinski definition) is 1. The lowest BCUT2D eigenvalue weighted by Crippen LogP contribution is -2.17. The second-order valence-corrected chi connectivity index (χ2v) is 6.05. The van der Waals surface area contributed by atoms with Crippen molar-refractivity contribution in [1.29, 1.82) is 0 Å². The molecular weight excluding hydrogens is 330 g/mol. The molecule has 1 aromatic carbocycles. The van der Waals surface area contributed by atoms with Crippen LogP contribution in [0.5, 0.6) is 11.5 Å². The quantitative estimate of drug-likeness (QED) is 0.784. The summed E-state index contributed by atoms with van der Waals surface area (Å²) < 4.78 is 13.2. The Labute approximate surface area is 151 Å². The number of carbonyl (C=O) groups excluding carboxylic acids is 1. The third kappa shape index (κ3) is 3.54. The number of fused-ring (bicyclic) bond motifs is 1. The average molecular weight is 349 g/mol. The number of nitrogens with zero attached hydrogens (tertiary/aromatic N) is 2. The third-order valence-electron chi connectivity index (χ3n) is 4.14. The monoisotopic (exact) mass is 349 g/mol. The molecule has 0 aliphatic carbocycles. The molecule has 3 aromatic rings. The fourth-order valence-corrected chi connectivity index (χ4v) is 2.88. The highest BCUT2D eigenvalue weighted by Crippen LogP contribution is 2.32. The average Bonchev–Trinajstić information content (AvgIpc) is 2.99. The minimum Gasteiger partial charge on any atom is -0.490 e. The molecule has 132 valence electrons. The summed E-state index contributed by atoms with van der Waals surface area (Å²) in [6.45, 7) is 1.84. The van der Waals surface area contributed by atoms with Gasteiger partial charge in [0.1, 0.15) is 5.69 Å². The molecule has 1 aliphatic rings. The van der Waals surface area contributed by atoms with Crippen molar-refractivity contribution in [2.24, 2.45) is 0 Å². The highest BCUT2D eigenvalue weighted by molar-refractivity contribution is 6.03. The zero-order chi connectivity index (χ0) is 17.8. The van der Waals surface area contributed by atoms with Gasteiger partial charge >= 0.3 is 0 Å². The number of aromatic nitrogens is 2. The number of nitrogens with one attached hydrogen (secondary N) is 1. The summed E-state index contributed by atoms with van der Waals surface area (Å²) in [7, 11) is 0. The zero-order valence-corrected chi connectivity index (χ0v) is 14.2. The Hall–Kier alpha value is -3.28. The van der Waals surface area contributed by atoms with Crippen LogP contribution < -0.4 is 14.8 Å². The second-order valence-electron chi connectivity index (χ2n) is 6.05. The summed E-state index contributed by atoms with van der Waals surface area (Å²) in [5.74, 6) is 1.19. The van der Waals surface area contributed by atoms with Crippen LogP contribution in [0.2, 0.25) is 0 Å². The van der Waals surface area contributed by atoms with E-state index in [4.69, 9.17) is 9.47 Å². The molecular formula is C20H19N3O3. The fraction of sp³-hybridized carbons (Fsp3) is 0.200. The van der Waals surface area contributed by atoms with E-state index >= 15 is 0 Å². The summed E-state index contributed by atoms with van der Waals surface area (Å²) >= 11 is 0. The Balaban J connectivity index is 1.51. The molecule has 1 aliphatic heterocycles. The number of pyridine rings is 1. The van der Waals surface area contributed by atoms with Gasteiger partial charge in [-0.25, -0.2) is 0 Å². The van der Waals surface area contributed by atoms with Crippen LogP contribution in [0, 0.1) is 0 Å². The number of benzene rings is 1. The van der Waals surface area contributed by atoms with Crippen LogP contribution in [0.1, 0.15) is 22.5 Å². The predicted octanol–water partition coefficient (Wildman–Crippen LogP) is 3.35. The molecule has 3 heterocycles. The number of ether oxygens (including phenoxy) is 2. The van der Waals surface area contributed by atoms with E-state index in [1.165, 1.54) is 0 Å². The van der Waals surface area contributed by atoms with Crippen LogP contribution >= 0.6 is 0 Å². The van der Waals surface area contributed by atoms with Crippen molar-refractivity contribution < 1.29 is 14.3 Å². The summed E-state index contributed by atoms with van der Waals surface area (Å²) in [5.41, 5.74) is 2.29. The van der Waals surface area contributed by atoms with Crippen LogP contribution in [0.4, 0.5) is 5.69 Å². The first kappa shape index (κ1) is 16.2. The van der Waals surface area contributed by atoms with E-state index in [1.807, 2.05) is 41.1 Å². The largest absolute Gasteiger partial charge is 0.490 e. The van der Waals surface area contributed by atoms with E-state index in [2.05, 4.69) is 10.3 Å². The highest BCUT2D eigenvalue weighted by Gasteiger charge is 2.14. The van der Waals surface area contributed by atoms with Crippen molar-refractivity contribution in [3.05, 3.63) is 72.3 Å². The van der Waals surface area contributed by atoms with Gasteiger partial charge in [-0.05, 0) is 35.9 Å². The maximum atomic E-state index is 12.7. The lowest BCUT2D eigenvalue weighted by molar-refractivity contribution is 0.101. The topological polar surface area (TPSA) is 65.4 Å². The van der Waals surface area contributed by atoms with Gasteiger partial charge in [-0.2, -0.15) is 0 Å². The van der Waals surface area contributed by atoms with E-state index < -0.39 is 0 Å². The number of rotatable bonds is 4. The molecule has 2 aromatic heterocycles. The Bertz CT molecular complexity index is 906. The van der Waals surface area contributed by atoms with Gasteiger partial charge in [-0.3, -0.25) is 9.78 Å². The Morgan fingerprint density at radius 2 is 2.00 bits per heavy atom. The van der Waals surface area contributed by atoms with Gasteiger partial charge in [0.25, 0.3) is 5.91 Å². The van der Waals surface area contributed by atoms with E-state index in [-0.39, 0.29) is 5.91 Å². The summed E-state index contributed by atoms with van der Waals surface area (Å²) in [4.78, 5) is 16.8. The highest BCUT2D eigenvalue weighted by atomic mass is 16.5. The second kappa shape index (κ2) is 7.31. The minimum atomic E-state index is -0.173. The van der Waals surface area contributed by atoms with Gasteiger partial charge in [0.05, 0.1) is 13.2 Å². The van der Waals surface area contributed by atoms with E-state index in [1.54, 1.807) is 24.5 Å². The first-order valence-electron chi connectivity index (χ1n) is 8.55. The third-order valence-corrected chi connectivity index (χ3v) is 4.14. The van der Waals surface area contributed by atoms with Crippen molar-refractivity contribution in [3.63, 3.8) is 0 Å². The van der Waals surface area contributed by atoms with E-state index in [9.17, 15) is 4.79 Å². The van der Waals surface area contributed by atoms with Crippen LogP contribution in [0.15, 0.2) is 61.1 Å². The van der Waals surface area contributed by atoms with Crippen molar-refractivity contribution in [2.45, 2.75) is 13.0 Å². The van der Waals surface area contributed by atoms with E-state index in [0.717, 1.165) is 12.0 Å². The normalized spacial score (nSPS) is 13.1. The van der Waals surface area contributed by atoms with Crippen LogP contribution in [-0.4, -0.2) is 28.7 Å². The van der Waals surface area contributed by atoms with E-state index in [0.29, 0.717) is 42.6 Å². The lowest BCUT2D eigenvalue weighted by Gasteiger charge is -2.12. The fourth-order valence-electron chi connectivity index (χ4n) is 2.88. The number of anilines is 1. The first-order chi connectivity index (χ1) is 12.8. The molecule has 0 unspecified atom stereocenters. The van der Waals surface area contributed by atoms with Crippen LogP contribution in [0.25, 0.3) is 0 Å². The van der Waals surface area contributed by atoms with Crippen LogP contribution in [0.3, 0.4) is 0 Å². The SMILES string of the molecule is O=C(Nc1ccc2c(c1)OCCCO2)c1cccn1Cc1cccnc1. The van der Waals surface area contributed by atoms with Gasteiger partial charge in [0, 0.05) is 43.3 Å². The number of carbonyl (C=O) groups is 1. The minimum absolute atomic E-state index is 0.173. The molecule has 0 saturated carbocycles. The molecule has 0 atom stereocenters. The predicted molar refractivity (Wildman–Crippen MR) is 97.8 cm³/mol. The Morgan fingerprint density at radius 1 is 1.12 bits per heavy atom. The lowest BCUT2D eigenvalue weighted by atomic mass is 10.2. The Morgan fingerprint density at radius 3 is 2.85 bits per heavy atom. The van der Waals surface area contributed by atoms with Crippen molar-refractivity contribution >= 4 is 11.6 Å². The van der Waals surface area contributed by atoms with Gasteiger partial charge < -0.3 is 19.4 Å². The van der Waals surface area contributed by atoms with Gasteiger partial charge in [-0.15, -0.1) is 0 Å². The summed E-state index contributed by atoms with van der Waals surface area (Å²) in [6, 6.07) is 13.0. The molecule has 0 fully saturated rings. The molecule has 26 heavy (non-hydrogen) atoms. The molecule has 6 heteroatoms. The molecule has 0 saturated heterocycles. The number of hydrogen-bond acceptors (Lipinski definition) is 4. The molecule has 1 amide bonds. The standard InChI is InChI=1S/C20H19N3O3/c24-20(17-5-2-9-23(17)14-15-4-1-8-21-13-15)22-16-6-7-18-19(12-16)26-11-3-10-25-18/h1-2,4-9,12-13H,3,10-11,14H2,(H,22,24). The first-order valence-corrected chi connectivity index (χ1v) is 8.55. The van der Waals surface area contributed by atoms with Crippen molar-refractivity contribution in [3.8, 4) is 11.5 Å². The van der Waals surface area contributed by atoms with Crippen LogP contribution in [-0.2, 0) is 6.54 Å². The summed E-state index contributed by atoms with van der Waals surface area (Å²) in [5, 5.41) is 2.93. The van der Waals surface area contributed by atoms with Crippen molar-refractivity contribution in [1.82, 2.24) is 9.55 Å².